The number of rotatable bonds is 5. The van der Waals surface area contributed by atoms with Gasteiger partial charge in [0.2, 0.25) is 15.9 Å². The van der Waals surface area contributed by atoms with Crippen molar-refractivity contribution in [2.24, 2.45) is 5.92 Å². The highest BCUT2D eigenvalue weighted by Gasteiger charge is 2.35. The summed E-state index contributed by atoms with van der Waals surface area (Å²) in [6, 6.07) is 5.69. The molecule has 0 bridgehead atoms. The number of piperazine rings is 1. The molecule has 8 nitrogen and oxygen atoms in total. The molecule has 1 amide bonds. The number of imidazole rings is 1. The number of aryl methyl sites for hydroxylation is 1. The van der Waals surface area contributed by atoms with Crippen molar-refractivity contribution in [3.8, 4) is 5.75 Å². The van der Waals surface area contributed by atoms with Gasteiger partial charge < -0.3 is 14.6 Å². The lowest BCUT2D eigenvalue weighted by molar-refractivity contribution is -0.137. The summed E-state index contributed by atoms with van der Waals surface area (Å²) < 4.78 is 56.4. The maximum absolute atomic E-state index is 13.9. The highest BCUT2D eigenvalue weighted by Crippen LogP contribution is 2.30. The number of carbonyl (C=O) groups is 1. The first kappa shape index (κ1) is 24.1. The summed E-state index contributed by atoms with van der Waals surface area (Å²) in [6.07, 6.45) is 1.40. The van der Waals surface area contributed by atoms with Crippen molar-refractivity contribution in [2.45, 2.75) is 31.7 Å². The topological polar surface area (TPSA) is 95.7 Å². The van der Waals surface area contributed by atoms with Crippen LogP contribution in [0.5, 0.6) is 5.75 Å². The molecule has 2 heterocycles. The van der Waals surface area contributed by atoms with Crippen LogP contribution < -0.4 is 0 Å². The van der Waals surface area contributed by atoms with Crippen LogP contribution in [0.3, 0.4) is 0 Å². The third-order valence-corrected chi connectivity index (χ3v) is 8.01. The van der Waals surface area contributed by atoms with Crippen LogP contribution in [0.1, 0.15) is 25.5 Å². The summed E-state index contributed by atoms with van der Waals surface area (Å²) in [4.78, 5) is 19.0. The van der Waals surface area contributed by atoms with Crippen LogP contribution in [0.2, 0.25) is 0 Å². The third kappa shape index (κ3) is 4.25. The summed E-state index contributed by atoms with van der Waals surface area (Å²) in [7, 11) is -3.93. The van der Waals surface area contributed by atoms with Crippen molar-refractivity contribution in [2.75, 3.05) is 26.2 Å². The fraction of sp³-hybridized carbons (Fsp3) is 0.391. The summed E-state index contributed by atoms with van der Waals surface area (Å²) in [5.41, 5.74) is 1.25. The Bertz CT molecular complexity index is 1350. The molecule has 0 radical (unpaired) electrons. The normalized spacial score (nSPS) is 16.4. The van der Waals surface area contributed by atoms with Gasteiger partial charge in [0.1, 0.15) is 16.7 Å². The molecule has 3 aromatic rings. The number of benzene rings is 2. The Morgan fingerprint density at radius 2 is 1.71 bits per heavy atom. The molecule has 1 aromatic heterocycles. The Morgan fingerprint density at radius 3 is 2.35 bits per heavy atom. The molecule has 34 heavy (non-hydrogen) atoms. The number of fused-ring (bicyclic) bond motifs is 1. The molecule has 0 spiro atoms. The van der Waals surface area contributed by atoms with Crippen LogP contribution in [0, 0.1) is 24.5 Å². The first-order chi connectivity index (χ1) is 16.0. The number of phenolic OH excluding ortho intramolecular Hbond substituents is 1. The second-order valence-electron chi connectivity index (χ2n) is 8.80. The van der Waals surface area contributed by atoms with Crippen LogP contribution in [0.15, 0.2) is 41.6 Å². The SMILES string of the molecule is Cc1ccc(O)c(S(=O)(=O)N2CCN(C(=O)C(C(C)C)n3cnc4cc(F)c(F)cc43)CC2)c1. The average molecular weight is 493 g/mol. The van der Waals surface area contributed by atoms with Gasteiger partial charge in [0.25, 0.3) is 0 Å². The van der Waals surface area contributed by atoms with Crippen molar-refractivity contribution in [1.29, 1.82) is 0 Å². The van der Waals surface area contributed by atoms with Crippen molar-refractivity contribution < 1.29 is 27.1 Å². The molecule has 1 aliphatic heterocycles. The monoisotopic (exact) mass is 492 g/mol. The Morgan fingerprint density at radius 1 is 1.06 bits per heavy atom. The van der Waals surface area contributed by atoms with Gasteiger partial charge in [-0.05, 0) is 30.5 Å². The predicted molar refractivity (Wildman–Crippen MR) is 122 cm³/mol. The number of hydrogen-bond donors (Lipinski definition) is 1. The van der Waals surface area contributed by atoms with E-state index < -0.39 is 27.7 Å². The van der Waals surface area contributed by atoms with Gasteiger partial charge >= 0.3 is 0 Å². The fourth-order valence-corrected chi connectivity index (χ4v) is 5.86. The van der Waals surface area contributed by atoms with E-state index in [1.165, 1.54) is 22.8 Å². The molecule has 11 heteroatoms. The van der Waals surface area contributed by atoms with Gasteiger partial charge in [0.05, 0.1) is 17.4 Å². The smallest absolute Gasteiger partial charge is 0.246 e. The molecule has 1 atom stereocenters. The van der Waals surface area contributed by atoms with Gasteiger partial charge in [-0.25, -0.2) is 22.2 Å². The highest BCUT2D eigenvalue weighted by atomic mass is 32.2. The molecule has 0 saturated carbocycles. The van der Waals surface area contributed by atoms with Gasteiger partial charge in [-0.3, -0.25) is 4.79 Å². The number of aromatic nitrogens is 2. The zero-order valence-corrected chi connectivity index (χ0v) is 19.9. The maximum Gasteiger partial charge on any atom is 0.246 e. The van der Waals surface area contributed by atoms with Crippen molar-refractivity contribution in [1.82, 2.24) is 18.8 Å². The summed E-state index contributed by atoms with van der Waals surface area (Å²) in [5, 5.41) is 10.1. The minimum atomic E-state index is -3.93. The van der Waals surface area contributed by atoms with E-state index >= 15 is 0 Å². The molecule has 1 aliphatic rings. The number of hydrogen-bond acceptors (Lipinski definition) is 5. The van der Waals surface area contributed by atoms with E-state index in [2.05, 4.69) is 4.98 Å². The summed E-state index contributed by atoms with van der Waals surface area (Å²) in [5.74, 6) is -2.80. The van der Waals surface area contributed by atoms with Gasteiger partial charge in [-0.1, -0.05) is 19.9 Å². The lowest BCUT2D eigenvalue weighted by Crippen LogP contribution is -2.52. The zero-order chi connectivity index (χ0) is 24.8. The van der Waals surface area contributed by atoms with Crippen LogP contribution in [-0.2, 0) is 14.8 Å². The zero-order valence-electron chi connectivity index (χ0n) is 19.1. The van der Waals surface area contributed by atoms with E-state index in [0.29, 0.717) is 11.1 Å². The number of aromatic hydroxyl groups is 1. The summed E-state index contributed by atoms with van der Waals surface area (Å²) in [6.45, 7) is 5.87. The second-order valence-corrected chi connectivity index (χ2v) is 10.7. The fourth-order valence-electron chi connectivity index (χ4n) is 4.27. The maximum atomic E-state index is 13.9. The van der Waals surface area contributed by atoms with Gasteiger partial charge in [0, 0.05) is 38.3 Å². The van der Waals surface area contributed by atoms with Gasteiger partial charge in [-0.15, -0.1) is 0 Å². The lowest BCUT2D eigenvalue weighted by atomic mass is 10.0. The summed E-state index contributed by atoms with van der Waals surface area (Å²) >= 11 is 0. The van der Waals surface area contributed by atoms with Crippen molar-refractivity contribution in [3.63, 3.8) is 0 Å². The molecule has 4 rings (SSSR count). The van der Waals surface area contributed by atoms with Crippen LogP contribution in [0.4, 0.5) is 8.78 Å². The largest absolute Gasteiger partial charge is 0.507 e. The van der Waals surface area contributed by atoms with E-state index in [9.17, 15) is 27.1 Å². The quantitative estimate of drug-likeness (QED) is 0.591. The molecular formula is C23H26F2N4O4S. The third-order valence-electron chi connectivity index (χ3n) is 6.08. The molecule has 1 N–H and O–H groups in total. The average Bonchev–Trinajstić information content (AvgIpc) is 3.17. The minimum absolute atomic E-state index is 0.0663. The van der Waals surface area contributed by atoms with Crippen LogP contribution >= 0.6 is 0 Å². The number of sulfonamides is 1. The molecule has 182 valence electrons. The first-order valence-corrected chi connectivity index (χ1v) is 12.3. The standard InChI is InChI=1S/C23H26F2N4O4S/c1-14(2)22(29-13-26-18-11-16(24)17(25)12-19(18)29)23(31)27-6-8-28(9-7-27)34(32,33)21-10-15(3)4-5-20(21)30/h4-5,10-14,22,30H,6-9H2,1-3H3. The van der Waals surface area contributed by atoms with Crippen LogP contribution in [0.25, 0.3) is 11.0 Å². The van der Waals surface area contributed by atoms with E-state index in [-0.39, 0.29) is 54.2 Å². The van der Waals surface area contributed by atoms with E-state index in [1.54, 1.807) is 22.5 Å². The molecule has 0 aliphatic carbocycles. The van der Waals surface area contributed by atoms with Crippen molar-refractivity contribution in [3.05, 3.63) is 53.9 Å². The number of halogens is 2. The van der Waals surface area contributed by atoms with Gasteiger partial charge in [-0.2, -0.15) is 4.31 Å². The first-order valence-electron chi connectivity index (χ1n) is 10.9. The number of carbonyl (C=O) groups excluding carboxylic acids is 1. The van der Waals surface area contributed by atoms with Gasteiger partial charge in [0.15, 0.2) is 11.6 Å². The van der Waals surface area contributed by atoms with E-state index in [1.807, 2.05) is 13.8 Å². The molecule has 1 saturated heterocycles. The number of amides is 1. The second kappa shape index (κ2) is 8.95. The minimum Gasteiger partial charge on any atom is -0.507 e. The number of nitrogens with zero attached hydrogens (tertiary/aromatic N) is 4. The van der Waals surface area contributed by atoms with E-state index in [4.69, 9.17) is 0 Å². The van der Waals surface area contributed by atoms with Crippen LogP contribution in [-0.4, -0.2) is 64.4 Å². The molecule has 2 aromatic carbocycles. The Kier molecular flexibility index (Phi) is 6.34. The Balaban J connectivity index is 1.55. The van der Waals surface area contributed by atoms with Crippen molar-refractivity contribution >= 4 is 27.0 Å². The molecular weight excluding hydrogens is 466 g/mol. The lowest BCUT2D eigenvalue weighted by Gasteiger charge is -2.37. The molecule has 1 fully saturated rings. The van der Waals surface area contributed by atoms with E-state index in [0.717, 1.165) is 12.1 Å². The number of phenols is 1. The highest BCUT2D eigenvalue weighted by molar-refractivity contribution is 7.89. The molecule has 1 unspecified atom stereocenters. The Hall–Kier alpha value is -3.05. The Labute approximate surface area is 196 Å². The predicted octanol–water partition coefficient (Wildman–Crippen LogP) is 3.06.